The maximum atomic E-state index is 12.4. The first kappa shape index (κ1) is 20.4. The molecule has 2 amide bonds. The molecule has 1 unspecified atom stereocenters. The fourth-order valence-corrected chi connectivity index (χ4v) is 3.29. The molecule has 5 nitrogen and oxygen atoms in total. The summed E-state index contributed by atoms with van der Waals surface area (Å²) in [5, 5.41) is 6.52. The van der Waals surface area contributed by atoms with Gasteiger partial charge in [-0.15, -0.1) is 0 Å². The molecule has 26 heavy (non-hydrogen) atoms. The van der Waals surface area contributed by atoms with Gasteiger partial charge in [-0.1, -0.05) is 44.2 Å². The summed E-state index contributed by atoms with van der Waals surface area (Å²) in [6.07, 6.45) is 3.83. The molecule has 0 aliphatic carbocycles. The van der Waals surface area contributed by atoms with Crippen LogP contribution in [0.1, 0.15) is 57.6 Å². The van der Waals surface area contributed by atoms with Crippen molar-refractivity contribution in [2.75, 3.05) is 26.2 Å². The van der Waals surface area contributed by atoms with Gasteiger partial charge in [-0.2, -0.15) is 0 Å². The lowest BCUT2D eigenvalue weighted by Gasteiger charge is -2.23. The van der Waals surface area contributed by atoms with Crippen molar-refractivity contribution < 1.29 is 9.59 Å². The lowest BCUT2D eigenvalue weighted by Crippen LogP contribution is -2.35. The van der Waals surface area contributed by atoms with E-state index in [4.69, 9.17) is 0 Å². The Labute approximate surface area is 157 Å². The summed E-state index contributed by atoms with van der Waals surface area (Å²) in [5.74, 6) is 0.669. The van der Waals surface area contributed by atoms with Crippen LogP contribution in [0.25, 0.3) is 0 Å². The third-order valence-electron chi connectivity index (χ3n) is 4.70. The van der Waals surface area contributed by atoms with E-state index in [9.17, 15) is 9.59 Å². The topological polar surface area (TPSA) is 61.4 Å². The van der Waals surface area contributed by atoms with Crippen molar-refractivity contribution in [2.45, 2.75) is 52.0 Å². The van der Waals surface area contributed by atoms with Crippen molar-refractivity contribution in [3.63, 3.8) is 0 Å². The first-order valence-electron chi connectivity index (χ1n) is 9.89. The van der Waals surface area contributed by atoms with Gasteiger partial charge in [0.25, 0.3) is 0 Å². The van der Waals surface area contributed by atoms with Crippen molar-refractivity contribution in [3.8, 4) is 0 Å². The minimum absolute atomic E-state index is 0.0376. The highest BCUT2D eigenvalue weighted by Gasteiger charge is 2.18. The highest BCUT2D eigenvalue weighted by molar-refractivity contribution is 5.77. The first-order valence-corrected chi connectivity index (χ1v) is 9.89. The van der Waals surface area contributed by atoms with Gasteiger partial charge in [0.05, 0.1) is 0 Å². The van der Waals surface area contributed by atoms with Gasteiger partial charge in [0.15, 0.2) is 0 Å². The predicted octanol–water partition coefficient (Wildman–Crippen LogP) is 2.88. The van der Waals surface area contributed by atoms with Gasteiger partial charge < -0.3 is 15.5 Å². The number of amides is 2. The van der Waals surface area contributed by atoms with E-state index in [-0.39, 0.29) is 17.9 Å². The predicted molar refractivity (Wildman–Crippen MR) is 105 cm³/mol. The quantitative estimate of drug-likeness (QED) is 0.872. The van der Waals surface area contributed by atoms with Crippen LogP contribution in [0.3, 0.4) is 0 Å². The van der Waals surface area contributed by atoms with E-state index in [0.29, 0.717) is 25.3 Å². The number of benzene rings is 1. The number of rotatable bonds is 3. The second-order valence-electron chi connectivity index (χ2n) is 7.51. The van der Waals surface area contributed by atoms with E-state index in [1.54, 1.807) is 0 Å². The Morgan fingerprint density at radius 1 is 1.12 bits per heavy atom. The molecule has 144 valence electrons. The Morgan fingerprint density at radius 2 is 1.85 bits per heavy atom. The van der Waals surface area contributed by atoms with Crippen molar-refractivity contribution in [3.05, 3.63) is 35.9 Å². The molecule has 1 atom stereocenters. The van der Waals surface area contributed by atoms with Crippen LogP contribution in [0.5, 0.6) is 0 Å². The minimum Gasteiger partial charge on any atom is -0.356 e. The fraction of sp³-hybridized carbons (Fsp3) is 0.619. The molecule has 0 radical (unpaired) electrons. The highest BCUT2D eigenvalue weighted by atomic mass is 16.2. The molecule has 0 saturated carbocycles. The maximum absolute atomic E-state index is 12.4. The second-order valence-corrected chi connectivity index (χ2v) is 7.51. The first-order chi connectivity index (χ1) is 12.6. The number of nitrogens with zero attached hydrogens (tertiary/aromatic N) is 1. The number of carbonyl (C=O) groups is 2. The Kier molecular flexibility index (Phi) is 8.62. The molecular weight excluding hydrogens is 326 g/mol. The molecule has 2 N–H and O–H groups in total. The van der Waals surface area contributed by atoms with Gasteiger partial charge in [0.2, 0.25) is 11.8 Å². The lowest BCUT2D eigenvalue weighted by molar-refractivity contribution is -0.132. The van der Waals surface area contributed by atoms with E-state index in [1.165, 1.54) is 0 Å². The van der Waals surface area contributed by atoms with Crippen molar-refractivity contribution >= 4 is 11.8 Å². The Balaban J connectivity index is 1.96. The third kappa shape index (κ3) is 7.16. The molecule has 0 bridgehead atoms. The average Bonchev–Trinajstić information content (AvgIpc) is 2.63. The summed E-state index contributed by atoms with van der Waals surface area (Å²) >= 11 is 0. The van der Waals surface area contributed by atoms with Gasteiger partial charge in [0.1, 0.15) is 0 Å². The van der Waals surface area contributed by atoms with E-state index in [2.05, 4.69) is 36.6 Å². The number of nitrogens with one attached hydrogen (secondary N) is 2. The van der Waals surface area contributed by atoms with Crippen molar-refractivity contribution in [1.82, 2.24) is 15.5 Å². The second kappa shape index (κ2) is 11.0. The minimum atomic E-state index is 0.0376. The van der Waals surface area contributed by atoms with Gasteiger partial charge in [-0.05, 0) is 37.3 Å². The maximum Gasteiger partial charge on any atom is 0.222 e. The van der Waals surface area contributed by atoms with Crippen LogP contribution in [0, 0.1) is 5.92 Å². The molecule has 1 saturated heterocycles. The molecule has 0 aromatic heterocycles. The van der Waals surface area contributed by atoms with Crippen LogP contribution in [0.2, 0.25) is 0 Å². The molecule has 0 spiro atoms. The molecule has 1 fully saturated rings. The van der Waals surface area contributed by atoms with Gasteiger partial charge in [0, 0.05) is 38.5 Å². The van der Waals surface area contributed by atoms with Crippen molar-refractivity contribution in [1.29, 1.82) is 0 Å². The molecule has 1 aliphatic heterocycles. The largest absolute Gasteiger partial charge is 0.356 e. The summed E-state index contributed by atoms with van der Waals surface area (Å²) in [6.45, 7) is 7.14. The van der Waals surface area contributed by atoms with Crippen LogP contribution >= 0.6 is 0 Å². The molecule has 1 aromatic carbocycles. The summed E-state index contributed by atoms with van der Waals surface area (Å²) in [7, 11) is 0. The van der Waals surface area contributed by atoms with E-state index < -0.39 is 0 Å². The number of carbonyl (C=O) groups excluding carboxylic acids is 2. The van der Waals surface area contributed by atoms with Crippen LogP contribution in [-0.2, 0) is 9.59 Å². The fourth-order valence-electron chi connectivity index (χ4n) is 3.29. The Bertz CT molecular complexity index is 560. The summed E-state index contributed by atoms with van der Waals surface area (Å²) < 4.78 is 0. The average molecular weight is 360 g/mol. The van der Waals surface area contributed by atoms with Crippen LogP contribution in [0.15, 0.2) is 30.3 Å². The number of hydrogen-bond donors (Lipinski definition) is 2. The van der Waals surface area contributed by atoms with Gasteiger partial charge in [-0.25, -0.2) is 0 Å². The van der Waals surface area contributed by atoms with Crippen LogP contribution < -0.4 is 10.6 Å². The molecule has 1 aromatic rings. The van der Waals surface area contributed by atoms with E-state index in [1.807, 2.05) is 23.1 Å². The number of hydrogen-bond acceptors (Lipinski definition) is 3. The summed E-state index contributed by atoms with van der Waals surface area (Å²) in [6, 6.07) is 10.2. The monoisotopic (exact) mass is 359 g/mol. The third-order valence-corrected chi connectivity index (χ3v) is 4.70. The smallest absolute Gasteiger partial charge is 0.222 e. The summed E-state index contributed by atoms with van der Waals surface area (Å²) in [4.78, 5) is 26.7. The SMILES string of the molecule is CC(C)CC(=O)N1CCCCNC(c2ccccc2)CC(=O)NCCC1. The Morgan fingerprint density at radius 3 is 2.58 bits per heavy atom. The normalized spacial score (nSPS) is 20.7. The van der Waals surface area contributed by atoms with Gasteiger partial charge in [-0.3, -0.25) is 9.59 Å². The molecule has 5 heteroatoms. The Hall–Kier alpha value is -1.88. The standard InChI is InChI=1S/C21H33N3O2/c1-17(2)15-21(26)24-13-7-6-11-22-19(18-9-4-3-5-10-18)16-20(25)23-12-8-14-24/h3-5,9-10,17,19,22H,6-8,11-16H2,1-2H3,(H,23,25). The van der Waals surface area contributed by atoms with Gasteiger partial charge >= 0.3 is 0 Å². The van der Waals surface area contributed by atoms with E-state index >= 15 is 0 Å². The summed E-state index contributed by atoms with van der Waals surface area (Å²) in [5.41, 5.74) is 1.14. The van der Waals surface area contributed by atoms with Crippen LogP contribution in [-0.4, -0.2) is 42.9 Å². The molecule has 1 heterocycles. The molecular formula is C21H33N3O2. The zero-order valence-corrected chi connectivity index (χ0v) is 16.2. The zero-order chi connectivity index (χ0) is 18.8. The van der Waals surface area contributed by atoms with Crippen molar-refractivity contribution in [2.24, 2.45) is 5.92 Å². The van der Waals surface area contributed by atoms with E-state index in [0.717, 1.165) is 44.5 Å². The zero-order valence-electron chi connectivity index (χ0n) is 16.2. The highest BCUT2D eigenvalue weighted by Crippen LogP contribution is 2.17. The lowest BCUT2D eigenvalue weighted by atomic mass is 10.0. The molecule has 1 aliphatic rings. The van der Waals surface area contributed by atoms with Crippen LogP contribution in [0.4, 0.5) is 0 Å². The molecule has 2 rings (SSSR count).